The number of likely N-dealkylation sites (N-methyl/N-ethyl adjacent to an activating group) is 1. The van der Waals surface area contributed by atoms with E-state index in [1.54, 1.807) is 36.4 Å². The predicted octanol–water partition coefficient (Wildman–Crippen LogP) is 4.86. The summed E-state index contributed by atoms with van der Waals surface area (Å²) in [4.78, 5) is 30.6. The molecule has 0 aliphatic carbocycles. The number of aromatic hydroxyl groups is 1. The molecule has 1 aromatic heterocycles. The zero-order chi connectivity index (χ0) is 23.4. The van der Waals surface area contributed by atoms with E-state index in [-0.39, 0.29) is 23.3 Å². The molecule has 2 heterocycles. The second kappa shape index (κ2) is 10.4. The van der Waals surface area contributed by atoms with Crippen LogP contribution in [0.5, 0.6) is 5.75 Å². The van der Waals surface area contributed by atoms with E-state index < -0.39 is 0 Å². The van der Waals surface area contributed by atoms with E-state index in [1.165, 1.54) is 17.4 Å². The summed E-state index contributed by atoms with van der Waals surface area (Å²) < 4.78 is 0.840. The molecular weight excluding hydrogens is 504 g/mol. The first-order chi connectivity index (χ1) is 15.9. The van der Waals surface area contributed by atoms with Gasteiger partial charge in [0.15, 0.2) is 0 Å². The number of amides is 2. The summed E-state index contributed by atoms with van der Waals surface area (Å²) in [5.74, 6) is -0.814. The zero-order valence-corrected chi connectivity index (χ0v) is 20.6. The SMILES string of the molecule is CN1CCCN(c2ccc(C(=O)Nc3c(O)cccc3NC(=O)c3ccc(Br)s3)cc2)CC1. The number of hydrogen-bond acceptors (Lipinski definition) is 6. The van der Waals surface area contributed by atoms with Gasteiger partial charge in [-0.15, -0.1) is 11.3 Å². The second-order valence-electron chi connectivity index (χ2n) is 7.90. The smallest absolute Gasteiger partial charge is 0.265 e. The van der Waals surface area contributed by atoms with Gasteiger partial charge in [-0.05, 0) is 84.5 Å². The van der Waals surface area contributed by atoms with Crippen molar-refractivity contribution < 1.29 is 14.7 Å². The third-order valence-electron chi connectivity index (χ3n) is 5.54. The summed E-state index contributed by atoms with van der Waals surface area (Å²) in [5.41, 5.74) is 2.03. The van der Waals surface area contributed by atoms with Crippen LogP contribution < -0.4 is 15.5 Å². The van der Waals surface area contributed by atoms with Gasteiger partial charge in [0, 0.05) is 30.9 Å². The predicted molar refractivity (Wildman–Crippen MR) is 137 cm³/mol. The summed E-state index contributed by atoms with van der Waals surface area (Å²) in [5, 5.41) is 15.9. The lowest BCUT2D eigenvalue weighted by Gasteiger charge is -2.23. The Morgan fingerprint density at radius 1 is 0.939 bits per heavy atom. The first-order valence-electron chi connectivity index (χ1n) is 10.6. The minimum atomic E-state index is -0.368. The maximum Gasteiger partial charge on any atom is 0.265 e. The summed E-state index contributed by atoms with van der Waals surface area (Å²) in [7, 11) is 2.13. The Bertz CT molecular complexity index is 1150. The fourth-order valence-electron chi connectivity index (χ4n) is 3.71. The van der Waals surface area contributed by atoms with Crippen LogP contribution in [0.4, 0.5) is 17.1 Å². The van der Waals surface area contributed by atoms with Crippen LogP contribution in [0.25, 0.3) is 0 Å². The number of hydrogen-bond donors (Lipinski definition) is 3. The second-order valence-corrected chi connectivity index (χ2v) is 10.4. The van der Waals surface area contributed by atoms with Crippen LogP contribution in [0, 0.1) is 0 Å². The van der Waals surface area contributed by atoms with Crippen LogP contribution in [0.1, 0.15) is 26.5 Å². The van der Waals surface area contributed by atoms with Crippen molar-refractivity contribution >= 4 is 56.1 Å². The third-order valence-corrected chi connectivity index (χ3v) is 7.16. The number of nitrogens with zero attached hydrogens (tertiary/aromatic N) is 2. The highest BCUT2D eigenvalue weighted by Crippen LogP contribution is 2.33. The average Bonchev–Trinajstić information content (AvgIpc) is 3.13. The molecule has 1 saturated heterocycles. The van der Waals surface area contributed by atoms with Gasteiger partial charge in [-0.2, -0.15) is 0 Å². The quantitative estimate of drug-likeness (QED) is 0.411. The average molecular weight is 529 g/mol. The van der Waals surface area contributed by atoms with Crippen LogP contribution >= 0.6 is 27.3 Å². The van der Waals surface area contributed by atoms with E-state index in [0.29, 0.717) is 16.1 Å². The number of benzene rings is 2. The molecule has 172 valence electrons. The molecule has 0 unspecified atom stereocenters. The molecule has 2 amide bonds. The summed E-state index contributed by atoms with van der Waals surface area (Å²) in [6.45, 7) is 4.02. The Morgan fingerprint density at radius 2 is 1.73 bits per heavy atom. The van der Waals surface area contributed by atoms with Crippen LogP contribution in [0.2, 0.25) is 0 Å². The van der Waals surface area contributed by atoms with Crippen molar-refractivity contribution in [2.45, 2.75) is 6.42 Å². The van der Waals surface area contributed by atoms with Gasteiger partial charge in [0.05, 0.1) is 14.4 Å². The summed E-state index contributed by atoms with van der Waals surface area (Å²) >= 11 is 4.64. The molecule has 1 aliphatic heterocycles. The Kier molecular flexibility index (Phi) is 7.32. The lowest BCUT2D eigenvalue weighted by Crippen LogP contribution is -2.28. The van der Waals surface area contributed by atoms with Gasteiger partial charge >= 0.3 is 0 Å². The van der Waals surface area contributed by atoms with Crippen molar-refractivity contribution in [2.24, 2.45) is 0 Å². The lowest BCUT2D eigenvalue weighted by atomic mass is 10.1. The van der Waals surface area contributed by atoms with Gasteiger partial charge in [0.2, 0.25) is 0 Å². The summed E-state index contributed by atoms with van der Waals surface area (Å²) in [6.07, 6.45) is 1.10. The molecule has 0 spiro atoms. The monoisotopic (exact) mass is 528 g/mol. The number of para-hydroxylation sites is 1. The third kappa shape index (κ3) is 5.73. The first-order valence-corrected chi connectivity index (χ1v) is 12.3. The molecule has 0 radical (unpaired) electrons. The van der Waals surface area contributed by atoms with Gasteiger partial charge in [-0.25, -0.2) is 0 Å². The normalized spacial score (nSPS) is 14.5. The number of carbonyl (C=O) groups excluding carboxylic acids is 2. The number of halogens is 1. The minimum Gasteiger partial charge on any atom is -0.506 e. The maximum absolute atomic E-state index is 12.9. The van der Waals surface area contributed by atoms with E-state index in [4.69, 9.17) is 0 Å². The summed E-state index contributed by atoms with van der Waals surface area (Å²) in [6, 6.07) is 15.7. The van der Waals surface area contributed by atoms with Gasteiger partial charge < -0.3 is 25.5 Å². The number of rotatable bonds is 5. The van der Waals surface area contributed by atoms with Crippen molar-refractivity contribution in [1.82, 2.24) is 4.90 Å². The largest absolute Gasteiger partial charge is 0.506 e. The van der Waals surface area contributed by atoms with Crippen molar-refractivity contribution in [3.05, 3.63) is 68.8 Å². The van der Waals surface area contributed by atoms with Crippen LogP contribution in [-0.4, -0.2) is 55.0 Å². The molecule has 0 saturated carbocycles. The van der Waals surface area contributed by atoms with Crippen molar-refractivity contribution in [1.29, 1.82) is 0 Å². The molecule has 7 nitrogen and oxygen atoms in total. The number of anilines is 3. The molecule has 0 atom stereocenters. The molecule has 2 aromatic carbocycles. The molecule has 4 rings (SSSR count). The fraction of sp³-hybridized carbons (Fsp3) is 0.250. The maximum atomic E-state index is 12.9. The van der Waals surface area contributed by atoms with Gasteiger partial charge in [0.1, 0.15) is 11.4 Å². The zero-order valence-electron chi connectivity index (χ0n) is 18.2. The van der Waals surface area contributed by atoms with E-state index >= 15 is 0 Å². The molecule has 3 aromatic rings. The number of thiophene rings is 1. The Morgan fingerprint density at radius 3 is 2.45 bits per heavy atom. The molecule has 0 bridgehead atoms. The lowest BCUT2D eigenvalue weighted by molar-refractivity contribution is 0.101. The topological polar surface area (TPSA) is 84.9 Å². The van der Waals surface area contributed by atoms with E-state index in [0.717, 1.165) is 42.1 Å². The van der Waals surface area contributed by atoms with Crippen LogP contribution in [-0.2, 0) is 0 Å². The first kappa shape index (κ1) is 23.3. The molecule has 1 aliphatic rings. The molecule has 9 heteroatoms. The van der Waals surface area contributed by atoms with Crippen LogP contribution in [0.3, 0.4) is 0 Å². The number of phenols is 1. The van der Waals surface area contributed by atoms with E-state index in [1.807, 2.05) is 12.1 Å². The van der Waals surface area contributed by atoms with Crippen molar-refractivity contribution in [2.75, 3.05) is 48.8 Å². The molecule has 33 heavy (non-hydrogen) atoms. The van der Waals surface area contributed by atoms with E-state index in [9.17, 15) is 14.7 Å². The number of carbonyl (C=O) groups is 2. The minimum absolute atomic E-state index is 0.126. The Balaban J connectivity index is 1.47. The van der Waals surface area contributed by atoms with Gasteiger partial charge in [0.25, 0.3) is 11.8 Å². The van der Waals surface area contributed by atoms with Crippen LogP contribution in [0.15, 0.2) is 58.4 Å². The fourth-order valence-corrected chi connectivity index (χ4v) is 4.99. The van der Waals surface area contributed by atoms with Crippen molar-refractivity contribution in [3.8, 4) is 5.75 Å². The highest BCUT2D eigenvalue weighted by molar-refractivity contribution is 9.11. The molecule has 1 fully saturated rings. The van der Waals surface area contributed by atoms with E-state index in [2.05, 4.69) is 43.4 Å². The molecule has 3 N–H and O–H groups in total. The molecular formula is C24H25BrN4O3S. The number of nitrogens with one attached hydrogen (secondary N) is 2. The number of phenolic OH excluding ortho intramolecular Hbond substituents is 1. The van der Waals surface area contributed by atoms with Gasteiger partial charge in [-0.1, -0.05) is 6.07 Å². The standard InChI is InChI=1S/C24H25BrN4O3S/c1-28-12-3-13-29(15-14-28)17-8-6-16(7-9-17)23(31)27-22-18(4-2-5-19(22)30)26-24(32)20-10-11-21(25)33-20/h2,4-11,30H,3,12-15H2,1H3,(H,26,32)(H,27,31). The van der Waals surface area contributed by atoms with Gasteiger partial charge in [-0.3, -0.25) is 9.59 Å². The highest BCUT2D eigenvalue weighted by atomic mass is 79.9. The highest BCUT2D eigenvalue weighted by Gasteiger charge is 2.17. The Labute approximate surface area is 205 Å². The Hall–Kier alpha value is -2.88. The van der Waals surface area contributed by atoms with Crippen molar-refractivity contribution in [3.63, 3.8) is 0 Å².